The average Bonchev–Trinajstić information content (AvgIpc) is 2.58. The molecule has 1 aromatic carbocycles. The number of sulfonamides is 1. The Hall–Kier alpha value is -1.01. The molecule has 2 aliphatic rings. The van der Waals surface area contributed by atoms with Crippen LogP contribution in [0.25, 0.3) is 0 Å². The van der Waals surface area contributed by atoms with Gasteiger partial charge >= 0.3 is 0 Å². The van der Waals surface area contributed by atoms with E-state index in [-0.39, 0.29) is 16.9 Å². The van der Waals surface area contributed by atoms with Crippen molar-refractivity contribution in [1.82, 2.24) is 4.31 Å². The van der Waals surface area contributed by atoms with Crippen molar-refractivity contribution in [3.05, 3.63) is 29.8 Å². The summed E-state index contributed by atoms with van der Waals surface area (Å²) in [6.07, 6.45) is 2.53. The molecule has 0 amide bonds. The first-order valence-corrected chi connectivity index (χ1v) is 8.93. The molecule has 1 aliphatic heterocycles. The SMILES string of the molecule is CC1(C)C[C@@H]2C[C@](C)(CN2S(=O)(=O)c2ccc(F)cc2F)C1. The van der Waals surface area contributed by atoms with E-state index in [1.807, 2.05) is 0 Å². The largest absolute Gasteiger partial charge is 0.246 e. The monoisotopic (exact) mass is 329 g/mol. The lowest BCUT2D eigenvalue weighted by Gasteiger charge is -2.39. The molecule has 0 radical (unpaired) electrons. The highest BCUT2D eigenvalue weighted by atomic mass is 32.2. The second-order valence-electron chi connectivity index (χ2n) is 7.84. The number of benzene rings is 1. The highest BCUT2D eigenvalue weighted by molar-refractivity contribution is 7.89. The molecule has 0 N–H and O–H groups in total. The summed E-state index contributed by atoms with van der Waals surface area (Å²) in [5.41, 5.74) is -0.000724. The van der Waals surface area contributed by atoms with Crippen molar-refractivity contribution >= 4 is 10.0 Å². The predicted octanol–water partition coefficient (Wildman–Crippen LogP) is 3.55. The summed E-state index contributed by atoms with van der Waals surface area (Å²) in [7, 11) is -3.94. The van der Waals surface area contributed by atoms with Gasteiger partial charge in [0.05, 0.1) is 0 Å². The van der Waals surface area contributed by atoms with Crippen LogP contribution >= 0.6 is 0 Å². The van der Waals surface area contributed by atoms with Gasteiger partial charge in [0.15, 0.2) is 0 Å². The summed E-state index contributed by atoms with van der Waals surface area (Å²) < 4.78 is 54.1. The second-order valence-corrected chi connectivity index (χ2v) is 9.70. The molecule has 2 fully saturated rings. The molecule has 1 heterocycles. The van der Waals surface area contributed by atoms with Crippen LogP contribution in [0.4, 0.5) is 8.78 Å². The Morgan fingerprint density at radius 3 is 2.50 bits per heavy atom. The first kappa shape index (κ1) is 15.9. The van der Waals surface area contributed by atoms with Crippen molar-refractivity contribution in [2.45, 2.75) is 51.0 Å². The minimum Gasteiger partial charge on any atom is -0.207 e. The van der Waals surface area contributed by atoms with Gasteiger partial charge in [-0.05, 0) is 42.2 Å². The molecular formula is C16H21F2NO2S. The van der Waals surface area contributed by atoms with Crippen LogP contribution in [-0.4, -0.2) is 25.3 Å². The molecule has 0 unspecified atom stereocenters. The lowest BCUT2D eigenvalue weighted by Crippen LogP contribution is -2.38. The summed E-state index contributed by atoms with van der Waals surface area (Å²) >= 11 is 0. The zero-order chi connectivity index (χ0) is 16.3. The van der Waals surface area contributed by atoms with E-state index in [1.54, 1.807) is 0 Å². The van der Waals surface area contributed by atoms with E-state index < -0.39 is 26.6 Å². The number of halogens is 2. The van der Waals surface area contributed by atoms with Gasteiger partial charge in [-0.15, -0.1) is 0 Å². The molecule has 1 aliphatic carbocycles. The van der Waals surface area contributed by atoms with Crippen LogP contribution in [-0.2, 0) is 10.0 Å². The number of fused-ring (bicyclic) bond motifs is 2. The van der Waals surface area contributed by atoms with E-state index in [0.717, 1.165) is 31.4 Å². The highest BCUT2D eigenvalue weighted by Crippen LogP contribution is 2.53. The lowest BCUT2D eigenvalue weighted by molar-refractivity contribution is 0.133. The fourth-order valence-corrected chi connectivity index (χ4v) is 6.32. The maximum atomic E-state index is 13.9. The van der Waals surface area contributed by atoms with Crippen molar-refractivity contribution in [2.75, 3.05) is 6.54 Å². The van der Waals surface area contributed by atoms with Gasteiger partial charge in [-0.25, -0.2) is 17.2 Å². The molecule has 0 spiro atoms. The van der Waals surface area contributed by atoms with Crippen molar-refractivity contribution in [3.63, 3.8) is 0 Å². The van der Waals surface area contributed by atoms with Gasteiger partial charge in [0.25, 0.3) is 0 Å². The topological polar surface area (TPSA) is 37.4 Å². The molecule has 2 bridgehead atoms. The van der Waals surface area contributed by atoms with E-state index in [1.165, 1.54) is 4.31 Å². The average molecular weight is 329 g/mol. The molecule has 6 heteroatoms. The van der Waals surface area contributed by atoms with Crippen LogP contribution in [0.5, 0.6) is 0 Å². The summed E-state index contributed by atoms with van der Waals surface area (Å²) in [6, 6.07) is 2.53. The van der Waals surface area contributed by atoms with Gasteiger partial charge < -0.3 is 0 Å². The molecule has 1 saturated heterocycles. The Kier molecular flexibility index (Phi) is 3.42. The van der Waals surface area contributed by atoms with E-state index in [4.69, 9.17) is 0 Å². The Labute approximate surface area is 130 Å². The van der Waals surface area contributed by atoms with Gasteiger partial charge in [-0.2, -0.15) is 4.31 Å². The number of rotatable bonds is 2. The molecule has 1 aromatic rings. The summed E-state index contributed by atoms with van der Waals surface area (Å²) in [6.45, 7) is 6.79. The third-order valence-corrected chi connectivity index (χ3v) is 6.78. The number of hydrogen-bond acceptors (Lipinski definition) is 2. The summed E-state index contributed by atoms with van der Waals surface area (Å²) in [5.74, 6) is -1.80. The molecule has 3 rings (SSSR count). The molecule has 3 nitrogen and oxygen atoms in total. The molecular weight excluding hydrogens is 308 g/mol. The maximum absolute atomic E-state index is 13.9. The van der Waals surface area contributed by atoms with Crippen LogP contribution in [0, 0.1) is 22.5 Å². The van der Waals surface area contributed by atoms with Crippen molar-refractivity contribution in [2.24, 2.45) is 10.8 Å². The molecule has 22 heavy (non-hydrogen) atoms. The fraction of sp³-hybridized carbons (Fsp3) is 0.625. The molecule has 122 valence electrons. The number of nitrogens with zero attached hydrogens (tertiary/aromatic N) is 1. The van der Waals surface area contributed by atoms with E-state index >= 15 is 0 Å². The zero-order valence-electron chi connectivity index (χ0n) is 13.1. The quantitative estimate of drug-likeness (QED) is 0.832. The standard InChI is InChI=1S/C16H21F2NO2S/c1-15(2)7-12-8-16(3,9-15)10-19(12)22(20,21)14-5-4-11(17)6-13(14)18/h4-6,12H,7-10H2,1-3H3/t12-,16+/m1/s1. The predicted molar refractivity (Wildman–Crippen MR) is 79.8 cm³/mol. The highest BCUT2D eigenvalue weighted by Gasteiger charge is 2.53. The summed E-state index contributed by atoms with van der Waals surface area (Å²) in [4.78, 5) is -0.428. The van der Waals surface area contributed by atoms with Gasteiger partial charge in [-0.3, -0.25) is 0 Å². The van der Waals surface area contributed by atoms with Gasteiger partial charge in [0.2, 0.25) is 10.0 Å². The van der Waals surface area contributed by atoms with Gasteiger partial charge in [-0.1, -0.05) is 20.8 Å². The van der Waals surface area contributed by atoms with Crippen LogP contribution in [0.3, 0.4) is 0 Å². The van der Waals surface area contributed by atoms with E-state index in [2.05, 4.69) is 20.8 Å². The first-order valence-electron chi connectivity index (χ1n) is 7.49. The van der Waals surface area contributed by atoms with Crippen LogP contribution in [0.2, 0.25) is 0 Å². The van der Waals surface area contributed by atoms with Crippen molar-refractivity contribution in [3.8, 4) is 0 Å². The normalized spacial score (nSPS) is 31.4. The van der Waals surface area contributed by atoms with Crippen LogP contribution in [0.1, 0.15) is 40.0 Å². The minimum atomic E-state index is -3.94. The first-order chi connectivity index (χ1) is 10.0. The lowest BCUT2D eigenvalue weighted by atomic mass is 9.65. The third kappa shape index (κ3) is 2.56. The Balaban J connectivity index is 2.00. The third-order valence-electron chi connectivity index (χ3n) is 4.85. The van der Waals surface area contributed by atoms with Crippen molar-refractivity contribution in [1.29, 1.82) is 0 Å². The number of hydrogen-bond donors (Lipinski definition) is 0. The molecule has 2 atom stereocenters. The minimum absolute atomic E-state index is 0.0727. The van der Waals surface area contributed by atoms with Crippen LogP contribution < -0.4 is 0 Å². The second kappa shape index (κ2) is 4.74. The van der Waals surface area contributed by atoms with E-state index in [9.17, 15) is 17.2 Å². The molecule has 0 aromatic heterocycles. The Morgan fingerprint density at radius 1 is 1.18 bits per heavy atom. The van der Waals surface area contributed by atoms with Gasteiger partial charge in [0.1, 0.15) is 16.5 Å². The Morgan fingerprint density at radius 2 is 1.86 bits per heavy atom. The smallest absolute Gasteiger partial charge is 0.207 e. The maximum Gasteiger partial charge on any atom is 0.246 e. The van der Waals surface area contributed by atoms with Gasteiger partial charge in [0, 0.05) is 18.7 Å². The summed E-state index contributed by atoms with van der Waals surface area (Å²) in [5, 5.41) is 0. The van der Waals surface area contributed by atoms with Crippen LogP contribution in [0.15, 0.2) is 23.1 Å². The van der Waals surface area contributed by atoms with E-state index in [0.29, 0.717) is 12.6 Å². The van der Waals surface area contributed by atoms with Crippen molar-refractivity contribution < 1.29 is 17.2 Å². The Bertz CT molecular complexity index is 717. The zero-order valence-corrected chi connectivity index (χ0v) is 13.9. The molecule has 1 saturated carbocycles. The fourth-order valence-electron chi connectivity index (χ4n) is 4.50.